The van der Waals surface area contributed by atoms with Gasteiger partial charge < -0.3 is 9.47 Å². The van der Waals surface area contributed by atoms with Crippen molar-refractivity contribution in [1.82, 2.24) is 10.2 Å². The van der Waals surface area contributed by atoms with Gasteiger partial charge in [0, 0.05) is 0 Å². The lowest BCUT2D eigenvalue weighted by Crippen LogP contribution is -2.13. The Labute approximate surface area is 195 Å². The van der Waals surface area contributed by atoms with E-state index in [1.807, 2.05) is 0 Å². The van der Waals surface area contributed by atoms with E-state index in [2.05, 4.69) is 15.5 Å². The first-order valence-electron chi connectivity index (χ1n) is 9.20. The fraction of sp³-hybridized carbons (Fsp3) is 0.143. The molecule has 0 saturated carbocycles. The van der Waals surface area contributed by atoms with Crippen molar-refractivity contribution in [2.75, 3.05) is 18.5 Å². The number of carbonyl (C=O) groups excluding carboxylic acids is 1. The summed E-state index contributed by atoms with van der Waals surface area (Å²) in [5, 5.41) is 16.6. The Morgan fingerprint density at radius 3 is 2.61 bits per heavy atom. The number of alkyl halides is 3. The third kappa shape index (κ3) is 6.93. The summed E-state index contributed by atoms with van der Waals surface area (Å²) in [5.41, 5.74) is 0.137. The van der Waals surface area contributed by atoms with Crippen LogP contribution in [0.1, 0.15) is 10.6 Å². The minimum atomic E-state index is -4.67. The van der Waals surface area contributed by atoms with Crippen molar-refractivity contribution in [3.05, 3.63) is 69.7 Å². The first-order chi connectivity index (χ1) is 15.8. The maximum absolute atomic E-state index is 12.6. The summed E-state index contributed by atoms with van der Waals surface area (Å²) in [4.78, 5) is 12.3. The maximum Gasteiger partial charge on any atom is 0.445 e. The monoisotopic (exact) mass is 494 g/mol. The van der Waals surface area contributed by atoms with E-state index in [1.165, 1.54) is 6.08 Å². The normalized spacial score (nSPS) is 11.5. The molecule has 0 saturated heterocycles. The van der Waals surface area contributed by atoms with Crippen LogP contribution in [0.25, 0.3) is 6.08 Å². The minimum Gasteiger partial charge on any atom is -0.490 e. The van der Waals surface area contributed by atoms with E-state index in [0.717, 1.165) is 0 Å². The second-order valence-corrected chi connectivity index (χ2v) is 7.62. The van der Waals surface area contributed by atoms with Gasteiger partial charge in [-0.3, -0.25) is 10.1 Å². The van der Waals surface area contributed by atoms with Crippen molar-refractivity contribution < 1.29 is 27.4 Å². The molecule has 3 aromatic rings. The molecule has 1 N–H and O–H groups in total. The third-order valence-electron chi connectivity index (χ3n) is 3.87. The topological polar surface area (TPSA) is 97.1 Å². The van der Waals surface area contributed by atoms with Crippen LogP contribution >= 0.6 is 22.9 Å². The standard InChI is InChI=1S/C21H14ClF3N4O3S/c22-16-6-1-2-7-17(16)32-9-8-31-15-5-3-4-13(11-15)10-14(12-26)18(30)27-20-29-28-19(33-20)21(23,24)25/h1-7,10-11H,8-9H2,(H,27,29,30)/b14-10-. The van der Waals surface area contributed by atoms with Gasteiger partial charge in [0.05, 0.1) is 5.02 Å². The van der Waals surface area contributed by atoms with Crippen LogP contribution in [0.3, 0.4) is 0 Å². The Kier molecular flexibility index (Phi) is 7.87. The zero-order valence-corrected chi connectivity index (χ0v) is 18.2. The zero-order valence-electron chi connectivity index (χ0n) is 16.6. The summed E-state index contributed by atoms with van der Waals surface area (Å²) in [6.45, 7) is 0.444. The average molecular weight is 495 g/mol. The van der Waals surface area contributed by atoms with Crippen molar-refractivity contribution in [2.24, 2.45) is 0 Å². The first kappa shape index (κ1) is 24.0. The Bertz CT molecular complexity index is 1210. The number of benzene rings is 2. The molecule has 0 atom stereocenters. The summed E-state index contributed by atoms with van der Waals surface area (Å²) in [5.74, 6) is 0.0758. The fourth-order valence-electron chi connectivity index (χ4n) is 2.44. The summed E-state index contributed by atoms with van der Waals surface area (Å²) in [6.07, 6.45) is -3.40. The number of hydrogen-bond acceptors (Lipinski definition) is 7. The average Bonchev–Trinajstić information content (AvgIpc) is 3.25. The van der Waals surface area contributed by atoms with Gasteiger partial charge in [0.25, 0.3) is 5.91 Å². The highest BCUT2D eigenvalue weighted by atomic mass is 35.5. The number of anilines is 1. The van der Waals surface area contributed by atoms with Crippen LogP contribution in [0.15, 0.2) is 54.1 Å². The number of para-hydroxylation sites is 1. The largest absolute Gasteiger partial charge is 0.490 e. The first-order valence-corrected chi connectivity index (χ1v) is 10.4. The lowest BCUT2D eigenvalue weighted by molar-refractivity contribution is -0.138. The van der Waals surface area contributed by atoms with E-state index in [-0.39, 0.29) is 35.3 Å². The number of ether oxygens (including phenoxy) is 2. The molecule has 170 valence electrons. The number of hydrogen-bond donors (Lipinski definition) is 1. The van der Waals surface area contributed by atoms with Crippen molar-refractivity contribution >= 4 is 40.1 Å². The van der Waals surface area contributed by atoms with E-state index in [0.29, 0.717) is 22.1 Å². The van der Waals surface area contributed by atoms with Crippen LogP contribution in [0.5, 0.6) is 11.5 Å². The molecule has 0 unspecified atom stereocenters. The van der Waals surface area contributed by atoms with Gasteiger partial charge in [-0.05, 0) is 35.9 Å². The molecule has 0 radical (unpaired) electrons. The summed E-state index contributed by atoms with van der Waals surface area (Å²) >= 11 is 6.17. The molecule has 7 nitrogen and oxygen atoms in total. The van der Waals surface area contributed by atoms with Gasteiger partial charge in [0.2, 0.25) is 10.1 Å². The van der Waals surface area contributed by atoms with Gasteiger partial charge in [-0.2, -0.15) is 18.4 Å². The third-order valence-corrected chi connectivity index (χ3v) is 5.06. The van der Waals surface area contributed by atoms with Crippen LogP contribution in [0, 0.1) is 11.3 Å². The van der Waals surface area contributed by atoms with Crippen LogP contribution in [-0.2, 0) is 11.0 Å². The Balaban J connectivity index is 1.60. The molecule has 33 heavy (non-hydrogen) atoms. The Hall–Kier alpha value is -3.62. The number of amides is 1. The van der Waals surface area contributed by atoms with Gasteiger partial charge in [-0.25, -0.2) is 0 Å². The molecule has 0 bridgehead atoms. The number of nitrogens with one attached hydrogen (secondary N) is 1. The molecule has 1 amide bonds. The molecule has 0 aliphatic heterocycles. The van der Waals surface area contributed by atoms with E-state index in [1.54, 1.807) is 54.6 Å². The van der Waals surface area contributed by atoms with Crippen LogP contribution in [0.2, 0.25) is 5.02 Å². The molecule has 1 heterocycles. The van der Waals surface area contributed by atoms with E-state index < -0.39 is 17.1 Å². The minimum absolute atomic E-state index is 0.159. The number of aromatic nitrogens is 2. The van der Waals surface area contributed by atoms with Crippen LogP contribution < -0.4 is 14.8 Å². The Morgan fingerprint density at radius 1 is 1.15 bits per heavy atom. The molecule has 3 rings (SSSR count). The molecule has 2 aromatic carbocycles. The lowest BCUT2D eigenvalue weighted by atomic mass is 10.1. The molecule has 1 aromatic heterocycles. The quantitative estimate of drug-likeness (QED) is 0.262. The Morgan fingerprint density at radius 2 is 1.91 bits per heavy atom. The fourth-order valence-corrected chi connectivity index (χ4v) is 3.23. The highest BCUT2D eigenvalue weighted by Crippen LogP contribution is 2.33. The van der Waals surface area contributed by atoms with Crippen molar-refractivity contribution in [1.29, 1.82) is 5.26 Å². The summed E-state index contributed by atoms with van der Waals surface area (Å²) < 4.78 is 49.0. The number of rotatable bonds is 8. The van der Waals surface area contributed by atoms with Crippen LogP contribution in [0.4, 0.5) is 18.3 Å². The maximum atomic E-state index is 12.6. The predicted octanol–water partition coefficient (Wildman–Crippen LogP) is 5.21. The summed E-state index contributed by atoms with van der Waals surface area (Å²) in [7, 11) is 0. The SMILES string of the molecule is N#C/C(=C/c1cccc(OCCOc2ccccc2Cl)c1)C(=O)Nc1nnc(C(F)(F)F)s1. The van der Waals surface area contributed by atoms with Crippen molar-refractivity contribution in [2.45, 2.75) is 6.18 Å². The van der Waals surface area contributed by atoms with Gasteiger partial charge in [-0.15, -0.1) is 10.2 Å². The lowest BCUT2D eigenvalue weighted by Gasteiger charge is -2.10. The highest BCUT2D eigenvalue weighted by Gasteiger charge is 2.35. The van der Waals surface area contributed by atoms with E-state index in [9.17, 15) is 23.2 Å². The number of nitrogens with zero attached hydrogens (tertiary/aromatic N) is 3. The van der Waals surface area contributed by atoms with E-state index >= 15 is 0 Å². The van der Waals surface area contributed by atoms with Crippen molar-refractivity contribution in [3.63, 3.8) is 0 Å². The molecular formula is C21H14ClF3N4O3S. The summed E-state index contributed by atoms with van der Waals surface area (Å²) in [6, 6.07) is 15.3. The zero-order chi connectivity index (χ0) is 23.8. The second kappa shape index (κ2) is 10.8. The van der Waals surface area contributed by atoms with Crippen LogP contribution in [-0.4, -0.2) is 29.3 Å². The highest BCUT2D eigenvalue weighted by molar-refractivity contribution is 7.15. The molecule has 12 heteroatoms. The van der Waals surface area contributed by atoms with E-state index in [4.69, 9.17) is 21.1 Å². The number of nitriles is 1. The molecule has 0 aliphatic carbocycles. The van der Waals surface area contributed by atoms with Gasteiger partial charge in [0.1, 0.15) is 36.4 Å². The number of carbonyl (C=O) groups is 1. The molecule has 0 spiro atoms. The molecule has 0 aliphatic rings. The smallest absolute Gasteiger partial charge is 0.445 e. The molecular weight excluding hydrogens is 481 g/mol. The van der Waals surface area contributed by atoms with Crippen molar-refractivity contribution in [3.8, 4) is 17.6 Å². The van der Waals surface area contributed by atoms with Gasteiger partial charge in [0.15, 0.2) is 0 Å². The van der Waals surface area contributed by atoms with Gasteiger partial charge >= 0.3 is 6.18 Å². The van der Waals surface area contributed by atoms with Gasteiger partial charge in [-0.1, -0.05) is 47.2 Å². The number of halogens is 4. The molecule has 0 fully saturated rings. The second-order valence-electron chi connectivity index (χ2n) is 6.23. The predicted molar refractivity (Wildman–Crippen MR) is 116 cm³/mol.